The average Bonchev–Trinajstić information content (AvgIpc) is 3.76. The Morgan fingerprint density at radius 3 is 1.85 bits per heavy atom. The van der Waals surface area contributed by atoms with Crippen LogP contribution in [0.25, 0.3) is 105 Å². The normalized spacial score (nSPS) is 11.8. The summed E-state index contributed by atoms with van der Waals surface area (Å²) >= 11 is 0. The van der Waals surface area contributed by atoms with E-state index < -0.39 is 0 Å². The third-order valence-corrected chi connectivity index (χ3v) is 10.2. The molecule has 0 aliphatic carbocycles. The Labute approximate surface area is 298 Å². The average molecular weight is 665 g/mol. The van der Waals surface area contributed by atoms with Crippen LogP contribution in [0.15, 0.2) is 174 Å². The fourth-order valence-electron chi connectivity index (χ4n) is 7.90. The Morgan fingerprint density at radius 2 is 1.00 bits per heavy atom. The number of hydrogen-bond acceptors (Lipinski definition) is 4. The predicted molar refractivity (Wildman–Crippen MR) is 213 cm³/mol. The Hall–Kier alpha value is -7.11. The van der Waals surface area contributed by atoms with E-state index in [1.54, 1.807) is 0 Å². The highest BCUT2D eigenvalue weighted by molar-refractivity contribution is 6.14. The molecule has 0 fully saturated rings. The first-order chi connectivity index (χ1) is 25.8. The number of para-hydroxylation sites is 4. The van der Waals surface area contributed by atoms with Crippen molar-refractivity contribution in [3.63, 3.8) is 0 Å². The first-order valence-electron chi connectivity index (χ1n) is 17.5. The van der Waals surface area contributed by atoms with Gasteiger partial charge in [-0.05, 0) is 63.0 Å². The topological polar surface area (TPSA) is 56.7 Å². The zero-order valence-electron chi connectivity index (χ0n) is 27.9. The van der Waals surface area contributed by atoms with Gasteiger partial charge in [0.15, 0.2) is 11.6 Å². The molecule has 5 nitrogen and oxygen atoms in total. The van der Waals surface area contributed by atoms with Crippen LogP contribution in [-0.4, -0.2) is 19.5 Å². The van der Waals surface area contributed by atoms with Gasteiger partial charge >= 0.3 is 0 Å². The van der Waals surface area contributed by atoms with Crippen LogP contribution in [0.3, 0.4) is 0 Å². The summed E-state index contributed by atoms with van der Waals surface area (Å²) in [5.41, 5.74) is 7.63. The molecule has 0 bridgehead atoms. The maximum Gasteiger partial charge on any atom is 0.238 e. The lowest BCUT2D eigenvalue weighted by Gasteiger charge is -2.13. The molecule has 0 spiro atoms. The van der Waals surface area contributed by atoms with Crippen LogP contribution in [0, 0.1) is 0 Å². The van der Waals surface area contributed by atoms with Crippen LogP contribution in [0.5, 0.6) is 0 Å². The van der Waals surface area contributed by atoms with Crippen molar-refractivity contribution in [1.29, 1.82) is 0 Å². The van der Waals surface area contributed by atoms with Crippen molar-refractivity contribution in [3.05, 3.63) is 170 Å². The Balaban J connectivity index is 1.18. The third-order valence-electron chi connectivity index (χ3n) is 10.2. The van der Waals surface area contributed by atoms with Gasteiger partial charge in [0.25, 0.3) is 0 Å². The van der Waals surface area contributed by atoms with Gasteiger partial charge in [0.1, 0.15) is 11.2 Å². The summed E-state index contributed by atoms with van der Waals surface area (Å²) in [6.07, 6.45) is 0. The molecule has 5 heteroatoms. The van der Waals surface area contributed by atoms with Gasteiger partial charge in [0, 0.05) is 27.1 Å². The SMILES string of the molecule is c1cc(-c2nc(-c3cccc4c3oc3ccccc34)nc(-n3c4ccccc4c4ccccc43)n2)cc(-c2cccc3ccc4ccccc4c23)c1. The zero-order valence-corrected chi connectivity index (χ0v) is 27.9. The zero-order chi connectivity index (χ0) is 34.2. The highest BCUT2D eigenvalue weighted by Gasteiger charge is 2.20. The van der Waals surface area contributed by atoms with Gasteiger partial charge in [0.05, 0.1) is 16.6 Å². The van der Waals surface area contributed by atoms with E-state index in [1.165, 1.54) is 27.1 Å². The molecule has 0 aliphatic rings. The molecule has 0 N–H and O–H groups in total. The number of furan rings is 1. The second-order valence-corrected chi connectivity index (χ2v) is 13.2. The number of benzene rings is 8. The van der Waals surface area contributed by atoms with Crippen molar-refractivity contribution in [3.8, 4) is 39.9 Å². The lowest BCUT2D eigenvalue weighted by Crippen LogP contribution is -2.06. The Kier molecular flexibility index (Phi) is 6.18. The summed E-state index contributed by atoms with van der Waals surface area (Å²) < 4.78 is 8.65. The molecule has 242 valence electrons. The van der Waals surface area contributed by atoms with E-state index in [-0.39, 0.29) is 0 Å². The molecular weight excluding hydrogens is 637 g/mol. The van der Waals surface area contributed by atoms with Crippen LogP contribution in [0.4, 0.5) is 0 Å². The highest BCUT2D eigenvalue weighted by atomic mass is 16.3. The fraction of sp³-hybridized carbons (Fsp3) is 0. The van der Waals surface area contributed by atoms with E-state index in [0.29, 0.717) is 17.6 Å². The smallest absolute Gasteiger partial charge is 0.238 e. The van der Waals surface area contributed by atoms with Gasteiger partial charge in [-0.15, -0.1) is 0 Å². The number of hydrogen-bond donors (Lipinski definition) is 0. The number of nitrogens with zero attached hydrogens (tertiary/aromatic N) is 4. The van der Waals surface area contributed by atoms with Crippen LogP contribution < -0.4 is 0 Å². The number of aromatic nitrogens is 4. The van der Waals surface area contributed by atoms with Gasteiger partial charge in [-0.25, -0.2) is 4.98 Å². The van der Waals surface area contributed by atoms with Crippen molar-refractivity contribution in [2.45, 2.75) is 0 Å². The summed E-state index contributed by atoms with van der Waals surface area (Å²) in [6, 6.07) is 59.2. The molecule has 0 amide bonds. The Morgan fingerprint density at radius 1 is 0.404 bits per heavy atom. The summed E-state index contributed by atoms with van der Waals surface area (Å²) in [7, 11) is 0. The second-order valence-electron chi connectivity index (χ2n) is 13.2. The van der Waals surface area contributed by atoms with Crippen molar-refractivity contribution < 1.29 is 4.42 Å². The molecule has 8 aromatic carbocycles. The quantitative estimate of drug-likeness (QED) is 0.176. The molecule has 52 heavy (non-hydrogen) atoms. The maximum atomic E-state index is 6.50. The minimum Gasteiger partial charge on any atom is -0.455 e. The third kappa shape index (κ3) is 4.33. The van der Waals surface area contributed by atoms with E-state index in [2.05, 4.69) is 150 Å². The van der Waals surface area contributed by atoms with E-state index in [9.17, 15) is 0 Å². The molecule has 3 heterocycles. The standard InChI is InChI=1S/C47H28N4O/c1-2-16-33-29(12-1)26-27-30-13-10-20-34(43(30)33)31-14-9-15-32(28-31)45-48-46(39-22-11-21-38-37-19-5-8-25-42(37)52-44(38)39)50-47(49-45)51-40-23-6-3-17-35(40)36-18-4-7-24-41(36)51/h1-28H. The summed E-state index contributed by atoms with van der Waals surface area (Å²) in [6.45, 7) is 0. The molecule has 0 saturated heterocycles. The maximum absolute atomic E-state index is 6.50. The molecule has 0 aliphatic heterocycles. The minimum absolute atomic E-state index is 0.548. The molecule has 11 rings (SSSR count). The van der Waals surface area contributed by atoms with E-state index in [1.807, 2.05) is 24.3 Å². The van der Waals surface area contributed by atoms with Crippen molar-refractivity contribution in [1.82, 2.24) is 19.5 Å². The van der Waals surface area contributed by atoms with Crippen LogP contribution in [0.2, 0.25) is 0 Å². The van der Waals surface area contributed by atoms with Crippen molar-refractivity contribution in [2.75, 3.05) is 0 Å². The summed E-state index contributed by atoms with van der Waals surface area (Å²) in [4.78, 5) is 15.7. The Bertz CT molecular complexity index is 3150. The molecular formula is C47H28N4O. The molecule has 0 saturated carbocycles. The first-order valence-corrected chi connectivity index (χ1v) is 17.5. The molecule has 0 unspecified atom stereocenters. The monoisotopic (exact) mass is 664 g/mol. The summed E-state index contributed by atoms with van der Waals surface area (Å²) in [5.74, 6) is 1.68. The van der Waals surface area contributed by atoms with Gasteiger partial charge in [-0.1, -0.05) is 140 Å². The van der Waals surface area contributed by atoms with Gasteiger partial charge in [-0.2, -0.15) is 9.97 Å². The summed E-state index contributed by atoms with van der Waals surface area (Å²) in [5, 5.41) is 9.27. The van der Waals surface area contributed by atoms with Crippen LogP contribution >= 0.6 is 0 Å². The lowest BCUT2D eigenvalue weighted by atomic mass is 9.93. The van der Waals surface area contributed by atoms with Crippen LogP contribution in [0.1, 0.15) is 0 Å². The predicted octanol–water partition coefficient (Wildman–Crippen LogP) is 12.2. The van der Waals surface area contributed by atoms with Gasteiger partial charge < -0.3 is 4.42 Å². The second kappa shape index (κ2) is 11.2. The number of rotatable bonds is 4. The van der Waals surface area contributed by atoms with Crippen molar-refractivity contribution >= 4 is 65.3 Å². The van der Waals surface area contributed by atoms with E-state index >= 15 is 0 Å². The molecule has 3 aromatic heterocycles. The number of fused-ring (bicyclic) bond motifs is 9. The largest absolute Gasteiger partial charge is 0.455 e. The van der Waals surface area contributed by atoms with Gasteiger partial charge in [0.2, 0.25) is 5.95 Å². The molecule has 11 aromatic rings. The highest BCUT2D eigenvalue weighted by Crippen LogP contribution is 2.38. The van der Waals surface area contributed by atoms with Crippen molar-refractivity contribution in [2.24, 2.45) is 0 Å². The van der Waals surface area contributed by atoms with E-state index in [4.69, 9.17) is 19.4 Å². The first kappa shape index (κ1) is 28.7. The van der Waals surface area contributed by atoms with Crippen LogP contribution in [-0.2, 0) is 0 Å². The van der Waals surface area contributed by atoms with E-state index in [0.717, 1.165) is 60.4 Å². The molecule has 0 radical (unpaired) electrons. The van der Waals surface area contributed by atoms with Gasteiger partial charge in [-0.3, -0.25) is 4.57 Å². The lowest BCUT2D eigenvalue weighted by molar-refractivity contribution is 0.669. The molecule has 0 atom stereocenters. The minimum atomic E-state index is 0.548. The fourth-order valence-corrected chi connectivity index (χ4v) is 7.90.